The topological polar surface area (TPSA) is 92.5 Å². The van der Waals surface area contributed by atoms with Crippen molar-refractivity contribution in [2.75, 3.05) is 7.05 Å². The van der Waals surface area contributed by atoms with E-state index in [9.17, 15) is 13.2 Å². The van der Waals surface area contributed by atoms with Crippen molar-refractivity contribution >= 4 is 15.9 Å². The van der Waals surface area contributed by atoms with Crippen LogP contribution in [0.3, 0.4) is 0 Å². The summed E-state index contributed by atoms with van der Waals surface area (Å²) in [4.78, 5) is 14.5. The van der Waals surface area contributed by atoms with Gasteiger partial charge in [-0.15, -0.1) is 0 Å². The van der Waals surface area contributed by atoms with Crippen LogP contribution >= 0.6 is 0 Å². The van der Waals surface area contributed by atoms with E-state index in [1.807, 2.05) is 18.2 Å². The largest absolute Gasteiger partial charge is 0.352 e. The van der Waals surface area contributed by atoms with Crippen molar-refractivity contribution in [3.63, 3.8) is 0 Å². The van der Waals surface area contributed by atoms with Gasteiger partial charge in [-0.05, 0) is 56.1 Å². The van der Waals surface area contributed by atoms with Crippen LogP contribution in [0.25, 0.3) is 0 Å². The molecule has 28 heavy (non-hydrogen) atoms. The lowest BCUT2D eigenvalue weighted by Gasteiger charge is -2.22. The van der Waals surface area contributed by atoms with Gasteiger partial charge in [0.25, 0.3) is 0 Å². The molecule has 0 bridgehead atoms. The average molecular weight is 404 g/mol. The second-order valence-corrected chi connectivity index (χ2v) is 8.80. The summed E-state index contributed by atoms with van der Waals surface area (Å²) in [6.45, 7) is 5.63. The maximum atomic E-state index is 12.2. The monoisotopic (exact) mass is 403 g/mol. The van der Waals surface area contributed by atoms with Gasteiger partial charge in [-0.1, -0.05) is 36.4 Å². The van der Waals surface area contributed by atoms with E-state index in [0.717, 1.165) is 17.7 Å². The molecule has 0 saturated carbocycles. The maximum absolute atomic E-state index is 12.2. The quantitative estimate of drug-likeness (QED) is 0.672. The highest BCUT2D eigenvalue weighted by atomic mass is 32.2. The van der Waals surface area contributed by atoms with Gasteiger partial charge in [-0.25, -0.2) is 13.6 Å². The van der Waals surface area contributed by atoms with Crippen molar-refractivity contribution in [1.29, 1.82) is 0 Å². The van der Waals surface area contributed by atoms with Gasteiger partial charge < -0.3 is 5.32 Å². The van der Waals surface area contributed by atoms with Gasteiger partial charge in [0.1, 0.15) is 0 Å². The number of carbonyl (C=O) groups is 1. The fourth-order valence-electron chi connectivity index (χ4n) is 2.72. The lowest BCUT2D eigenvalue weighted by Crippen LogP contribution is -2.27. The van der Waals surface area contributed by atoms with Crippen molar-refractivity contribution in [3.8, 4) is 0 Å². The van der Waals surface area contributed by atoms with Crippen molar-refractivity contribution in [2.24, 2.45) is 5.14 Å². The molecule has 2 aromatic carbocycles. The first kappa shape index (κ1) is 22.1. The first-order chi connectivity index (χ1) is 13.2. The predicted molar refractivity (Wildman–Crippen MR) is 111 cm³/mol. The van der Waals surface area contributed by atoms with Gasteiger partial charge in [0.05, 0.1) is 4.90 Å². The summed E-state index contributed by atoms with van der Waals surface area (Å²) in [5, 5.41) is 8.06. The number of nitrogens with zero attached hydrogens (tertiary/aromatic N) is 1. The summed E-state index contributed by atoms with van der Waals surface area (Å²) < 4.78 is 22.5. The molecule has 0 unspecified atom stereocenters. The molecule has 0 fully saturated rings. The fraction of sp³-hybridized carbons (Fsp3) is 0.381. The zero-order chi connectivity index (χ0) is 20.7. The fourth-order valence-corrected chi connectivity index (χ4v) is 3.24. The number of amides is 1. The van der Waals surface area contributed by atoms with Crippen molar-refractivity contribution < 1.29 is 13.2 Å². The van der Waals surface area contributed by atoms with Gasteiger partial charge in [-0.2, -0.15) is 0 Å². The number of hydrogen-bond acceptors (Lipinski definition) is 4. The molecule has 0 atom stereocenters. The SMILES string of the molecule is CC(C)N(C)Cc1ccccc1CNC(=O)CCc1ccc(S(N)(=O)=O)cc1. The Balaban J connectivity index is 1.88. The second-order valence-electron chi connectivity index (χ2n) is 7.24. The number of nitrogens with two attached hydrogens (primary N) is 1. The lowest BCUT2D eigenvalue weighted by atomic mass is 10.1. The number of carbonyl (C=O) groups excluding carboxylic acids is 1. The summed E-state index contributed by atoms with van der Waals surface area (Å²) in [7, 11) is -1.61. The van der Waals surface area contributed by atoms with Crippen LogP contribution in [0.4, 0.5) is 0 Å². The molecule has 3 N–H and O–H groups in total. The van der Waals surface area contributed by atoms with Crippen LogP contribution < -0.4 is 10.5 Å². The van der Waals surface area contributed by atoms with Crippen molar-refractivity contribution in [1.82, 2.24) is 10.2 Å². The molecule has 2 rings (SSSR count). The normalized spacial score (nSPS) is 11.8. The van der Waals surface area contributed by atoms with Crippen molar-refractivity contribution in [3.05, 3.63) is 65.2 Å². The first-order valence-corrected chi connectivity index (χ1v) is 10.9. The minimum Gasteiger partial charge on any atom is -0.352 e. The molecule has 7 heteroatoms. The summed E-state index contributed by atoms with van der Waals surface area (Å²) in [6, 6.07) is 14.9. The Bertz CT molecular complexity index is 893. The van der Waals surface area contributed by atoms with Crippen LogP contribution in [0, 0.1) is 0 Å². The third kappa shape index (κ3) is 6.74. The molecule has 152 valence electrons. The highest BCUT2D eigenvalue weighted by Gasteiger charge is 2.10. The van der Waals surface area contributed by atoms with E-state index in [1.54, 1.807) is 12.1 Å². The number of primary sulfonamides is 1. The number of nitrogens with one attached hydrogen (secondary N) is 1. The zero-order valence-corrected chi connectivity index (χ0v) is 17.5. The smallest absolute Gasteiger partial charge is 0.238 e. The van der Waals surface area contributed by atoms with Crippen molar-refractivity contribution in [2.45, 2.75) is 50.7 Å². The van der Waals surface area contributed by atoms with Gasteiger partial charge in [0, 0.05) is 25.6 Å². The Morgan fingerprint density at radius 2 is 1.68 bits per heavy atom. The van der Waals surface area contributed by atoms with Crippen LogP contribution in [0.1, 0.15) is 37.0 Å². The molecular weight excluding hydrogens is 374 g/mol. The third-order valence-electron chi connectivity index (χ3n) is 4.79. The Labute approximate surface area is 167 Å². The Hall–Kier alpha value is -2.22. The molecule has 6 nitrogen and oxygen atoms in total. The molecule has 0 aliphatic rings. The standard InChI is InChI=1S/C21H29N3O3S/c1-16(2)24(3)15-19-7-5-4-6-18(19)14-23-21(25)13-10-17-8-11-20(12-9-17)28(22,26)27/h4-9,11-12,16H,10,13-15H2,1-3H3,(H,23,25)(H2,22,26,27). The number of aryl methyl sites for hydroxylation is 1. The number of benzene rings is 2. The van der Waals surface area contributed by atoms with E-state index in [4.69, 9.17) is 5.14 Å². The molecule has 0 radical (unpaired) electrons. The van der Waals surface area contributed by atoms with Gasteiger partial charge in [-0.3, -0.25) is 9.69 Å². The van der Waals surface area contributed by atoms with Crippen LogP contribution in [-0.2, 0) is 34.3 Å². The first-order valence-electron chi connectivity index (χ1n) is 9.32. The molecule has 0 saturated heterocycles. The van der Waals surface area contributed by atoms with E-state index in [2.05, 4.69) is 37.2 Å². The lowest BCUT2D eigenvalue weighted by molar-refractivity contribution is -0.121. The summed E-state index contributed by atoms with van der Waals surface area (Å²) in [5.41, 5.74) is 3.21. The second kappa shape index (κ2) is 9.82. The van der Waals surface area contributed by atoms with E-state index >= 15 is 0 Å². The van der Waals surface area contributed by atoms with Gasteiger partial charge in [0.15, 0.2) is 0 Å². The minimum atomic E-state index is -3.69. The maximum Gasteiger partial charge on any atom is 0.238 e. The average Bonchev–Trinajstić information content (AvgIpc) is 2.65. The Kier molecular flexibility index (Phi) is 7.74. The number of rotatable bonds is 9. The molecule has 0 aliphatic carbocycles. The van der Waals surface area contributed by atoms with Crippen LogP contribution in [0.15, 0.2) is 53.4 Å². The summed E-state index contributed by atoms with van der Waals surface area (Å²) >= 11 is 0. The van der Waals surface area contributed by atoms with Crippen LogP contribution in [0.2, 0.25) is 0 Å². The molecule has 0 aromatic heterocycles. The molecule has 0 heterocycles. The Morgan fingerprint density at radius 1 is 1.07 bits per heavy atom. The number of hydrogen-bond donors (Lipinski definition) is 2. The zero-order valence-electron chi connectivity index (χ0n) is 16.7. The van der Waals surface area contributed by atoms with E-state index in [1.165, 1.54) is 17.7 Å². The third-order valence-corrected chi connectivity index (χ3v) is 5.72. The highest BCUT2D eigenvalue weighted by molar-refractivity contribution is 7.89. The van der Waals surface area contributed by atoms with Crippen LogP contribution in [0.5, 0.6) is 0 Å². The van der Waals surface area contributed by atoms with Gasteiger partial charge in [0.2, 0.25) is 15.9 Å². The van der Waals surface area contributed by atoms with E-state index in [-0.39, 0.29) is 10.8 Å². The van der Waals surface area contributed by atoms with E-state index < -0.39 is 10.0 Å². The molecule has 2 aromatic rings. The molecule has 0 aliphatic heterocycles. The summed E-state index contributed by atoms with van der Waals surface area (Å²) in [5.74, 6) is -0.0393. The molecule has 0 spiro atoms. The minimum absolute atomic E-state index is 0.0393. The Morgan fingerprint density at radius 3 is 2.25 bits per heavy atom. The number of sulfonamides is 1. The molecule has 1 amide bonds. The highest BCUT2D eigenvalue weighted by Crippen LogP contribution is 2.13. The predicted octanol–water partition coefficient (Wildman–Crippen LogP) is 2.42. The summed E-state index contributed by atoms with van der Waals surface area (Å²) in [6.07, 6.45) is 0.872. The van der Waals surface area contributed by atoms with E-state index in [0.29, 0.717) is 25.4 Å². The molecular formula is C21H29N3O3S. The van der Waals surface area contributed by atoms with Crippen LogP contribution in [-0.4, -0.2) is 32.3 Å². The van der Waals surface area contributed by atoms with Gasteiger partial charge >= 0.3 is 0 Å².